The molecule has 0 aliphatic carbocycles. The molecule has 21 heavy (non-hydrogen) atoms. The molecule has 0 aliphatic rings. The number of aryl methyl sites for hydroxylation is 1. The third-order valence-electron chi connectivity index (χ3n) is 3.17. The summed E-state index contributed by atoms with van der Waals surface area (Å²) in [5.74, 6) is 0.689. The molecule has 0 bridgehead atoms. The molecular formula is C16H22ClN3O. The first-order chi connectivity index (χ1) is 9.69. The van der Waals surface area contributed by atoms with Crippen molar-refractivity contribution in [1.82, 2.24) is 14.9 Å². The molecule has 2 aromatic rings. The van der Waals surface area contributed by atoms with E-state index >= 15 is 0 Å². The van der Waals surface area contributed by atoms with Gasteiger partial charge in [-0.25, -0.2) is 4.98 Å². The maximum atomic E-state index is 12.3. The number of rotatable bonds is 3. The van der Waals surface area contributed by atoms with Crippen LogP contribution in [0.15, 0.2) is 18.2 Å². The molecule has 0 fully saturated rings. The maximum Gasteiger partial charge on any atom is 0.240 e. The lowest BCUT2D eigenvalue weighted by Gasteiger charge is -2.21. The molecule has 0 spiro atoms. The van der Waals surface area contributed by atoms with Crippen LogP contribution < -0.4 is 5.32 Å². The van der Waals surface area contributed by atoms with Crippen molar-refractivity contribution < 1.29 is 4.79 Å². The van der Waals surface area contributed by atoms with E-state index in [1.54, 1.807) is 0 Å². The first-order valence-corrected chi connectivity index (χ1v) is 7.53. The quantitative estimate of drug-likeness (QED) is 0.881. The second-order valence-corrected chi connectivity index (χ2v) is 7.07. The summed E-state index contributed by atoms with van der Waals surface area (Å²) in [6, 6.07) is 5.93. The fraction of sp³-hybridized carbons (Fsp3) is 0.500. The number of halogens is 1. The Hall–Kier alpha value is -1.55. The van der Waals surface area contributed by atoms with Crippen molar-refractivity contribution in [3.8, 4) is 0 Å². The number of para-hydroxylation sites is 1. The Bertz CT molecular complexity index is 668. The zero-order valence-corrected chi connectivity index (χ0v) is 14.0. The zero-order valence-electron chi connectivity index (χ0n) is 13.2. The lowest BCUT2D eigenvalue weighted by atomic mass is 10.1. The topological polar surface area (TPSA) is 46.9 Å². The molecule has 0 aliphatic heterocycles. The highest BCUT2D eigenvalue weighted by molar-refractivity contribution is 6.20. The van der Waals surface area contributed by atoms with Crippen LogP contribution in [0.3, 0.4) is 0 Å². The van der Waals surface area contributed by atoms with Crippen LogP contribution in [0.4, 0.5) is 0 Å². The van der Waals surface area contributed by atoms with E-state index in [1.165, 1.54) is 0 Å². The predicted molar refractivity (Wildman–Crippen MR) is 86.6 cm³/mol. The van der Waals surface area contributed by atoms with Crippen molar-refractivity contribution in [3.63, 3.8) is 0 Å². The van der Waals surface area contributed by atoms with Gasteiger partial charge in [0.25, 0.3) is 0 Å². The molecule has 0 saturated carbocycles. The number of hydrogen-bond acceptors (Lipinski definition) is 2. The number of hydrogen-bond donors (Lipinski definition) is 1. The third-order valence-corrected chi connectivity index (χ3v) is 3.37. The van der Waals surface area contributed by atoms with Gasteiger partial charge in [0.1, 0.15) is 12.4 Å². The van der Waals surface area contributed by atoms with Gasteiger partial charge in [-0.05, 0) is 46.2 Å². The largest absolute Gasteiger partial charge is 0.350 e. The molecule has 1 N–H and O–H groups in total. The van der Waals surface area contributed by atoms with Gasteiger partial charge in [-0.3, -0.25) is 4.79 Å². The Balaban J connectivity index is 2.46. The van der Waals surface area contributed by atoms with Crippen molar-refractivity contribution in [2.45, 2.75) is 52.1 Å². The lowest BCUT2D eigenvalue weighted by Crippen LogP contribution is -2.42. The molecule has 1 aromatic carbocycles. The highest BCUT2D eigenvalue weighted by atomic mass is 35.5. The average molecular weight is 308 g/mol. The van der Waals surface area contributed by atoms with Crippen molar-refractivity contribution in [1.29, 1.82) is 0 Å². The Morgan fingerprint density at radius 3 is 2.67 bits per heavy atom. The lowest BCUT2D eigenvalue weighted by molar-refractivity contribution is -0.123. The van der Waals surface area contributed by atoms with E-state index in [-0.39, 0.29) is 23.4 Å². The standard InChI is InChI=1S/C16H22ClN3O/c1-10-7-6-8-12-14(10)20(15(18-12)11(2)17)9-13(21)19-16(3,4)5/h6-8,11H,9H2,1-5H3,(H,19,21). The third kappa shape index (κ3) is 3.56. The Morgan fingerprint density at radius 1 is 1.43 bits per heavy atom. The van der Waals surface area contributed by atoms with E-state index in [2.05, 4.69) is 10.3 Å². The van der Waals surface area contributed by atoms with Gasteiger partial charge < -0.3 is 9.88 Å². The zero-order chi connectivity index (χ0) is 15.8. The molecule has 114 valence electrons. The van der Waals surface area contributed by atoms with Crippen LogP contribution in [0.1, 0.15) is 44.5 Å². The maximum absolute atomic E-state index is 12.3. The van der Waals surface area contributed by atoms with Gasteiger partial charge in [0, 0.05) is 5.54 Å². The SMILES string of the molecule is Cc1cccc2nc(C(C)Cl)n(CC(=O)NC(C)(C)C)c12. The molecule has 1 heterocycles. The second kappa shape index (κ2) is 5.68. The molecule has 5 heteroatoms. The van der Waals surface area contributed by atoms with Gasteiger partial charge in [-0.15, -0.1) is 11.6 Å². The first kappa shape index (κ1) is 15.8. The molecule has 1 aromatic heterocycles. The fourth-order valence-electron chi connectivity index (χ4n) is 2.45. The summed E-state index contributed by atoms with van der Waals surface area (Å²) in [6.07, 6.45) is 0. The molecule has 1 amide bonds. The highest BCUT2D eigenvalue weighted by Crippen LogP contribution is 2.26. The molecule has 1 unspecified atom stereocenters. The molecule has 1 atom stereocenters. The summed E-state index contributed by atoms with van der Waals surface area (Å²) in [5.41, 5.74) is 2.69. The molecule has 0 saturated heterocycles. The van der Waals surface area contributed by atoms with Gasteiger partial charge in [0.15, 0.2) is 0 Å². The van der Waals surface area contributed by atoms with Crippen molar-refractivity contribution in [3.05, 3.63) is 29.6 Å². The smallest absolute Gasteiger partial charge is 0.240 e. The van der Waals surface area contributed by atoms with E-state index < -0.39 is 0 Å². The average Bonchev–Trinajstić information content (AvgIpc) is 2.67. The van der Waals surface area contributed by atoms with Crippen molar-refractivity contribution in [2.75, 3.05) is 0 Å². The Labute approximate surface area is 130 Å². The van der Waals surface area contributed by atoms with Gasteiger partial charge in [-0.2, -0.15) is 0 Å². The number of aromatic nitrogens is 2. The molecule has 0 radical (unpaired) electrons. The second-order valence-electron chi connectivity index (χ2n) is 6.41. The number of imidazole rings is 1. The molecular weight excluding hydrogens is 286 g/mol. The Morgan fingerprint density at radius 2 is 2.10 bits per heavy atom. The summed E-state index contributed by atoms with van der Waals surface area (Å²) in [4.78, 5) is 16.8. The van der Waals surface area contributed by atoms with Gasteiger partial charge >= 0.3 is 0 Å². The normalized spacial score (nSPS) is 13.4. The highest BCUT2D eigenvalue weighted by Gasteiger charge is 2.20. The minimum Gasteiger partial charge on any atom is -0.350 e. The minimum absolute atomic E-state index is 0.0383. The summed E-state index contributed by atoms with van der Waals surface area (Å²) in [6.45, 7) is 10.0. The van der Waals surface area contributed by atoms with Crippen LogP contribution in [-0.2, 0) is 11.3 Å². The monoisotopic (exact) mass is 307 g/mol. The number of fused-ring (bicyclic) bond motifs is 1. The first-order valence-electron chi connectivity index (χ1n) is 7.10. The number of amides is 1. The summed E-state index contributed by atoms with van der Waals surface area (Å²) in [7, 11) is 0. The number of carbonyl (C=O) groups excluding carboxylic acids is 1. The van der Waals surface area contributed by atoms with Crippen molar-refractivity contribution >= 4 is 28.5 Å². The minimum atomic E-state index is -0.255. The van der Waals surface area contributed by atoms with E-state index in [1.807, 2.05) is 57.4 Å². The van der Waals surface area contributed by atoms with Crippen molar-refractivity contribution in [2.24, 2.45) is 0 Å². The van der Waals surface area contributed by atoms with Gasteiger partial charge in [0.05, 0.1) is 16.4 Å². The number of benzene rings is 1. The number of nitrogens with zero attached hydrogens (tertiary/aromatic N) is 2. The van der Waals surface area contributed by atoms with Crippen LogP contribution in [0, 0.1) is 6.92 Å². The van der Waals surface area contributed by atoms with Crippen LogP contribution in [-0.4, -0.2) is 21.0 Å². The molecule has 4 nitrogen and oxygen atoms in total. The number of nitrogens with one attached hydrogen (secondary N) is 1. The van der Waals surface area contributed by atoms with E-state index in [0.717, 1.165) is 22.4 Å². The predicted octanol–water partition coefficient (Wildman–Crippen LogP) is 3.56. The van der Waals surface area contributed by atoms with E-state index in [9.17, 15) is 4.79 Å². The Kier molecular flexibility index (Phi) is 4.28. The van der Waals surface area contributed by atoms with Gasteiger partial charge in [0.2, 0.25) is 5.91 Å². The van der Waals surface area contributed by atoms with Crippen LogP contribution in [0.2, 0.25) is 0 Å². The number of carbonyl (C=O) groups is 1. The van der Waals surface area contributed by atoms with Crippen LogP contribution >= 0.6 is 11.6 Å². The van der Waals surface area contributed by atoms with Crippen LogP contribution in [0.25, 0.3) is 11.0 Å². The molecule has 2 rings (SSSR count). The van der Waals surface area contributed by atoms with Gasteiger partial charge in [-0.1, -0.05) is 12.1 Å². The fourth-order valence-corrected chi connectivity index (χ4v) is 2.61. The van der Waals surface area contributed by atoms with E-state index in [0.29, 0.717) is 0 Å². The summed E-state index contributed by atoms with van der Waals surface area (Å²) >= 11 is 6.23. The van der Waals surface area contributed by atoms with E-state index in [4.69, 9.17) is 11.6 Å². The summed E-state index contributed by atoms with van der Waals surface area (Å²) < 4.78 is 1.92. The van der Waals surface area contributed by atoms with Crippen LogP contribution in [0.5, 0.6) is 0 Å². The summed E-state index contributed by atoms with van der Waals surface area (Å²) in [5, 5.41) is 2.73. The number of alkyl halides is 1.